The summed E-state index contributed by atoms with van der Waals surface area (Å²) in [5, 5.41) is 3.22. The van der Waals surface area contributed by atoms with Crippen LogP contribution in [0.2, 0.25) is 0 Å². The summed E-state index contributed by atoms with van der Waals surface area (Å²) in [6.07, 6.45) is 1.36. The minimum absolute atomic E-state index is 0.196. The Balaban J connectivity index is 2.45. The highest BCUT2D eigenvalue weighted by molar-refractivity contribution is 5.84. The molecule has 1 unspecified atom stereocenters. The van der Waals surface area contributed by atoms with Crippen molar-refractivity contribution in [2.24, 2.45) is 5.73 Å². The van der Waals surface area contributed by atoms with Crippen LogP contribution in [0, 0.1) is 0 Å². The lowest BCUT2D eigenvalue weighted by atomic mass is 9.94. The average Bonchev–Trinajstić information content (AvgIpc) is 2.43. The minimum atomic E-state index is -0.702. The predicted octanol–water partition coefficient (Wildman–Crippen LogP) is 2.10. The molecular weight excluding hydrogens is 268 g/mol. The van der Waals surface area contributed by atoms with Crippen molar-refractivity contribution in [2.75, 3.05) is 13.7 Å². The van der Waals surface area contributed by atoms with E-state index in [0.717, 1.165) is 17.9 Å². The number of ether oxygens (including phenoxy) is 2. The van der Waals surface area contributed by atoms with Crippen molar-refractivity contribution in [1.82, 2.24) is 5.32 Å². The van der Waals surface area contributed by atoms with Crippen LogP contribution in [0.15, 0.2) is 24.3 Å². The predicted molar refractivity (Wildman–Crippen MR) is 83.6 cm³/mol. The highest BCUT2D eigenvalue weighted by Crippen LogP contribution is 2.20. The highest BCUT2D eigenvalue weighted by Gasteiger charge is 2.30. The fraction of sp³-hybridized carbons (Fsp3) is 0.562. The van der Waals surface area contributed by atoms with Gasteiger partial charge >= 0.3 is 0 Å². The van der Waals surface area contributed by atoms with Crippen molar-refractivity contribution < 1.29 is 14.3 Å². The van der Waals surface area contributed by atoms with Crippen molar-refractivity contribution in [2.45, 2.75) is 45.2 Å². The molecule has 0 aliphatic heterocycles. The SMILES string of the molecule is COc1cccc(OCCCC(C)(NC(C)C)C(N)=O)c1. The molecule has 21 heavy (non-hydrogen) atoms. The molecule has 118 valence electrons. The van der Waals surface area contributed by atoms with Gasteiger partial charge in [-0.05, 0) is 45.7 Å². The Hall–Kier alpha value is -1.75. The van der Waals surface area contributed by atoms with Crippen molar-refractivity contribution in [3.8, 4) is 11.5 Å². The number of nitrogens with two attached hydrogens (primary N) is 1. The van der Waals surface area contributed by atoms with Crippen LogP contribution in [0.25, 0.3) is 0 Å². The van der Waals surface area contributed by atoms with E-state index in [0.29, 0.717) is 13.0 Å². The molecule has 0 aromatic heterocycles. The molecule has 0 saturated heterocycles. The van der Waals surface area contributed by atoms with Crippen LogP contribution in [0.3, 0.4) is 0 Å². The molecule has 0 bridgehead atoms. The Morgan fingerprint density at radius 2 is 2.05 bits per heavy atom. The number of amides is 1. The number of rotatable bonds is 9. The van der Waals surface area contributed by atoms with Crippen molar-refractivity contribution >= 4 is 5.91 Å². The number of hydrogen-bond acceptors (Lipinski definition) is 4. The fourth-order valence-electron chi connectivity index (χ4n) is 2.21. The van der Waals surface area contributed by atoms with E-state index in [1.54, 1.807) is 7.11 Å². The molecule has 1 aromatic rings. The molecule has 1 rings (SSSR count). The molecule has 0 spiro atoms. The zero-order valence-corrected chi connectivity index (χ0v) is 13.3. The van der Waals surface area contributed by atoms with Crippen molar-refractivity contribution in [3.63, 3.8) is 0 Å². The van der Waals surface area contributed by atoms with Gasteiger partial charge in [0.1, 0.15) is 11.5 Å². The lowest BCUT2D eigenvalue weighted by molar-refractivity contribution is -0.124. The molecule has 1 atom stereocenters. The van der Waals surface area contributed by atoms with Crippen LogP contribution in [-0.2, 0) is 4.79 Å². The highest BCUT2D eigenvalue weighted by atomic mass is 16.5. The Morgan fingerprint density at radius 1 is 1.38 bits per heavy atom. The van der Waals surface area contributed by atoms with Crippen LogP contribution in [0.4, 0.5) is 0 Å². The van der Waals surface area contributed by atoms with E-state index in [4.69, 9.17) is 15.2 Å². The van der Waals surface area contributed by atoms with E-state index in [2.05, 4.69) is 5.32 Å². The van der Waals surface area contributed by atoms with Gasteiger partial charge in [0.05, 0.1) is 19.3 Å². The lowest BCUT2D eigenvalue weighted by Crippen LogP contribution is -2.55. The van der Waals surface area contributed by atoms with Gasteiger partial charge in [0.2, 0.25) is 5.91 Å². The Labute approximate surface area is 126 Å². The summed E-state index contributed by atoms with van der Waals surface area (Å²) in [5.74, 6) is 1.18. The van der Waals surface area contributed by atoms with Gasteiger partial charge < -0.3 is 20.5 Å². The molecule has 0 saturated carbocycles. The number of nitrogens with one attached hydrogen (secondary N) is 1. The summed E-state index contributed by atoms with van der Waals surface area (Å²) in [7, 11) is 1.62. The number of primary amides is 1. The number of carbonyl (C=O) groups is 1. The third kappa shape index (κ3) is 5.63. The molecule has 0 fully saturated rings. The van der Waals surface area contributed by atoms with Gasteiger partial charge in [-0.1, -0.05) is 6.07 Å². The maximum Gasteiger partial charge on any atom is 0.237 e. The summed E-state index contributed by atoms with van der Waals surface area (Å²) in [5.41, 5.74) is 4.79. The minimum Gasteiger partial charge on any atom is -0.497 e. The van der Waals surface area contributed by atoms with Crippen LogP contribution in [-0.4, -0.2) is 31.2 Å². The van der Waals surface area contributed by atoms with E-state index < -0.39 is 5.54 Å². The van der Waals surface area contributed by atoms with E-state index in [-0.39, 0.29) is 11.9 Å². The largest absolute Gasteiger partial charge is 0.497 e. The Bertz CT molecular complexity index is 463. The third-order valence-corrected chi connectivity index (χ3v) is 3.28. The first-order chi connectivity index (χ1) is 9.87. The number of benzene rings is 1. The van der Waals surface area contributed by atoms with Gasteiger partial charge in [-0.15, -0.1) is 0 Å². The summed E-state index contributed by atoms with van der Waals surface area (Å²) < 4.78 is 10.8. The topological polar surface area (TPSA) is 73.6 Å². The molecule has 0 aliphatic carbocycles. The van der Waals surface area contributed by atoms with Gasteiger partial charge in [-0.2, -0.15) is 0 Å². The van der Waals surface area contributed by atoms with E-state index in [1.807, 2.05) is 45.0 Å². The second kappa shape index (κ2) is 7.88. The molecule has 0 heterocycles. The molecule has 3 N–H and O–H groups in total. The second-order valence-corrected chi connectivity index (χ2v) is 5.63. The molecule has 5 heteroatoms. The maximum atomic E-state index is 11.6. The smallest absolute Gasteiger partial charge is 0.237 e. The van der Waals surface area contributed by atoms with Gasteiger partial charge in [-0.25, -0.2) is 0 Å². The summed E-state index contributed by atoms with van der Waals surface area (Å²) >= 11 is 0. The normalized spacial score (nSPS) is 13.8. The molecule has 0 aliphatic rings. The monoisotopic (exact) mass is 294 g/mol. The molecule has 1 aromatic carbocycles. The Kier molecular flexibility index (Phi) is 6.49. The number of hydrogen-bond donors (Lipinski definition) is 2. The van der Waals surface area contributed by atoms with Crippen LogP contribution < -0.4 is 20.5 Å². The molecular formula is C16H26N2O3. The standard InChI is InChI=1S/C16H26N2O3/c1-12(2)18-16(3,15(17)19)9-6-10-21-14-8-5-7-13(11-14)20-4/h5,7-8,11-12,18H,6,9-10H2,1-4H3,(H2,17,19). The van der Waals surface area contributed by atoms with Gasteiger partial charge in [-0.3, -0.25) is 4.79 Å². The van der Waals surface area contributed by atoms with Crippen LogP contribution in [0.5, 0.6) is 11.5 Å². The zero-order valence-electron chi connectivity index (χ0n) is 13.3. The third-order valence-electron chi connectivity index (χ3n) is 3.28. The Morgan fingerprint density at radius 3 is 2.62 bits per heavy atom. The molecule has 1 amide bonds. The van der Waals surface area contributed by atoms with Crippen molar-refractivity contribution in [1.29, 1.82) is 0 Å². The quantitative estimate of drug-likeness (QED) is 0.684. The van der Waals surface area contributed by atoms with Crippen molar-refractivity contribution in [3.05, 3.63) is 24.3 Å². The van der Waals surface area contributed by atoms with E-state index in [9.17, 15) is 4.79 Å². The number of carbonyl (C=O) groups excluding carboxylic acids is 1. The lowest BCUT2D eigenvalue weighted by Gasteiger charge is -2.29. The zero-order chi connectivity index (χ0) is 15.9. The fourth-order valence-corrected chi connectivity index (χ4v) is 2.21. The van der Waals surface area contributed by atoms with Gasteiger partial charge in [0.25, 0.3) is 0 Å². The average molecular weight is 294 g/mol. The first kappa shape index (κ1) is 17.3. The van der Waals surface area contributed by atoms with Gasteiger partial charge in [0.15, 0.2) is 0 Å². The van der Waals surface area contributed by atoms with Gasteiger partial charge in [0, 0.05) is 12.1 Å². The van der Waals surface area contributed by atoms with Crippen LogP contribution in [0.1, 0.15) is 33.6 Å². The summed E-state index contributed by atoms with van der Waals surface area (Å²) in [4.78, 5) is 11.6. The van der Waals surface area contributed by atoms with E-state index >= 15 is 0 Å². The molecule has 5 nitrogen and oxygen atoms in total. The summed E-state index contributed by atoms with van der Waals surface area (Å²) in [6.45, 7) is 6.35. The van der Waals surface area contributed by atoms with E-state index in [1.165, 1.54) is 0 Å². The summed E-state index contributed by atoms with van der Waals surface area (Å²) in [6, 6.07) is 7.65. The number of methoxy groups -OCH3 is 1. The van der Waals surface area contributed by atoms with Crippen LogP contribution >= 0.6 is 0 Å². The molecule has 0 radical (unpaired) electrons. The second-order valence-electron chi connectivity index (χ2n) is 5.63. The maximum absolute atomic E-state index is 11.6. The first-order valence-electron chi connectivity index (χ1n) is 7.22. The first-order valence-corrected chi connectivity index (χ1v) is 7.22.